The van der Waals surface area contributed by atoms with E-state index in [0.29, 0.717) is 22.0 Å². The van der Waals surface area contributed by atoms with Crippen molar-refractivity contribution in [1.29, 1.82) is 0 Å². The molecular weight excluding hydrogens is 498 g/mol. The molecule has 5 rings (SSSR count). The van der Waals surface area contributed by atoms with Gasteiger partial charge in [0, 0.05) is 15.8 Å². The van der Waals surface area contributed by atoms with Gasteiger partial charge in [-0.15, -0.1) is 22.7 Å². The van der Waals surface area contributed by atoms with Crippen molar-refractivity contribution in [3.8, 4) is 17.0 Å². The number of anilines is 2. The van der Waals surface area contributed by atoms with E-state index in [-0.39, 0.29) is 25.0 Å². The molecule has 2 aliphatic rings. The summed E-state index contributed by atoms with van der Waals surface area (Å²) in [6, 6.07) is 5.53. The van der Waals surface area contributed by atoms with Crippen molar-refractivity contribution in [2.75, 3.05) is 23.4 Å². The zero-order valence-corrected chi connectivity index (χ0v) is 22.0. The molecule has 10 heteroatoms. The van der Waals surface area contributed by atoms with Crippen LogP contribution in [0, 0.1) is 6.92 Å². The van der Waals surface area contributed by atoms with Crippen molar-refractivity contribution in [3.63, 3.8) is 0 Å². The lowest BCUT2D eigenvalue weighted by molar-refractivity contribution is -0.127. The highest BCUT2D eigenvalue weighted by molar-refractivity contribution is 7.17. The summed E-state index contributed by atoms with van der Waals surface area (Å²) >= 11 is 2.97. The maximum Gasteiger partial charge on any atom is 0.341 e. The minimum absolute atomic E-state index is 0.204. The summed E-state index contributed by atoms with van der Waals surface area (Å²) in [5.74, 6) is -0.580. The Morgan fingerprint density at radius 3 is 2.83 bits per heavy atom. The molecule has 1 N–H and O–H groups in total. The lowest BCUT2D eigenvalue weighted by Gasteiger charge is -2.32. The molecule has 2 amide bonds. The first-order valence-corrected chi connectivity index (χ1v) is 13.7. The summed E-state index contributed by atoms with van der Waals surface area (Å²) in [4.78, 5) is 46.2. The third kappa shape index (κ3) is 4.62. The van der Waals surface area contributed by atoms with Gasteiger partial charge in [-0.05, 0) is 70.2 Å². The van der Waals surface area contributed by atoms with Crippen molar-refractivity contribution in [2.24, 2.45) is 0 Å². The van der Waals surface area contributed by atoms with Gasteiger partial charge < -0.3 is 14.8 Å². The van der Waals surface area contributed by atoms with Gasteiger partial charge in [-0.2, -0.15) is 0 Å². The van der Waals surface area contributed by atoms with E-state index in [9.17, 15) is 14.4 Å². The number of aromatic nitrogens is 1. The minimum atomic E-state index is -0.721. The van der Waals surface area contributed by atoms with Gasteiger partial charge in [-0.25, -0.2) is 9.78 Å². The van der Waals surface area contributed by atoms with Gasteiger partial charge in [-0.3, -0.25) is 14.5 Å². The molecule has 1 aliphatic heterocycles. The SMILES string of the molecule is CCOC(=O)c1c(NC(=O)CN2C(=O)C(C)Oc3ccc(-c4csc(C)n4)cc32)sc2c1CCCC2. The highest BCUT2D eigenvalue weighted by atomic mass is 32.1. The van der Waals surface area contributed by atoms with Crippen LogP contribution in [-0.2, 0) is 27.2 Å². The number of nitrogens with one attached hydrogen (secondary N) is 1. The molecule has 0 spiro atoms. The Balaban J connectivity index is 1.43. The number of esters is 1. The second-order valence-corrected chi connectivity index (χ2v) is 11.0. The molecule has 36 heavy (non-hydrogen) atoms. The van der Waals surface area contributed by atoms with Crippen molar-refractivity contribution >= 4 is 51.1 Å². The standard InChI is InChI=1S/C26H27N3O5S2/c1-4-33-26(32)23-17-7-5-6-8-21(17)36-24(23)28-22(30)12-29-19-11-16(18-13-35-15(3)27-18)9-10-20(19)34-14(2)25(29)31/h9-11,13-14H,4-8,12H2,1-3H3,(H,28,30). The van der Waals surface area contributed by atoms with Gasteiger partial charge >= 0.3 is 5.97 Å². The number of amides is 2. The van der Waals surface area contributed by atoms with E-state index in [4.69, 9.17) is 9.47 Å². The zero-order valence-electron chi connectivity index (χ0n) is 20.4. The third-order valence-corrected chi connectivity index (χ3v) is 8.27. The molecule has 0 saturated heterocycles. The molecule has 1 aromatic carbocycles. The smallest absolute Gasteiger partial charge is 0.341 e. The van der Waals surface area contributed by atoms with Crippen molar-refractivity contribution in [2.45, 2.75) is 52.6 Å². The lowest BCUT2D eigenvalue weighted by Crippen LogP contribution is -2.47. The number of carbonyl (C=O) groups is 3. The first-order chi connectivity index (χ1) is 17.4. The van der Waals surface area contributed by atoms with Crippen LogP contribution in [0.1, 0.15) is 52.5 Å². The number of rotatable bonds is 6. The number of fused-ring (bicyclic) bond motifs is 2. The summed E-state index contributed by atoms with van der Waals surface area (Å²) < 4.78 is 11.1. The predicted molar refractivity (Wildman–Crippen MR) is 140 cm³/mol. The van der Waals surface area contributed by atoms with Gasteiger partial charge in [0.2, 0.25) is 5.91 Å². The quantitative estimate of drug-likeness (QED) is 0.456. The van der Waals surface area contributed by atoms with Crippen LogP contribution in [0.15, 0.2) is 23.6 Å². The first kappa shape index (κ1) is 24.5. The average Bonchev–Trinajstić information content (AvgIpc) is 3.45. The van der Waals surface area contributed by atoms with Gasteiger partial charge in [0.05, 0.1) is 28.6 Å². The Morgan fingerprint density at radius 1 is 1.28 bits per heavy atom. The summed E-state index contributed by atoms with van der Waals surface area (Å²) in [5.41, 5.74) is 3.59. The Kier molecular flexibility index (Phi) is 6.81. The van der Waals surface area contributed by atoms with E-state index < -0.39 is 12.1 Å². The number of hydrogen-bond donors (Lipinski definition) is 1. The average molecular weight is 526 g/mol. The van der Waals surface area contributed by atoms with Crippen LogP contribution in [0.25, 0.3) is 11.3 Å². The first-order valence-electron chi connectivity index (χ1n) is 12.0. The fourth-order valence-electron chi connectivity index (χ4n) is 4.61. The molecule has 3 aromatic rings. The Labute approximate surface area is 217 Å². The van der Waals surface area contributed by atoms with Crippen LogP contribution >= 0.6 is 22.7 Å². The van der Waals surface area contributed by atoms with Gasteiger partial charge in [0.15, 0.2) is 6.10 Å². The molecule has 8 nitrogen and oxygen atoms in total. The van der Waals surface area contributed by atoms with Crippen molar-refractivity contribution < 1.29 is 23.9 Å². The number of nitrogens with zero attached hydrogens (tertiary/aromatic N) is 2. The fraction of sp³-hybridized carbons (Fsp3) is 0.385. The van der Waals surface area contributed by atoms with Crippen LogP contribution in [-0.4, -0.2) is 42.0 Å². The van der Waals surface area contributed by atoms with Crippen LogP contribution in [0.5, 0.6) is 5.75 Å². The lowest BCUT2D eigenvalue weighted by atomic mass is 9.95. The molecule has 0 saturated carbocycles. The number of thiazole rings is 1. The minimum Gasteiger partial charge on any atom is -0.479 e. The molecule has 1 aliphatic carbocycles. The highest BCUT2D eigenvalue weighted by Gasteiger charge is 2.34. The molecule has 0 radical (unpaired) electrons. The Hall–Kier alpha value is -3.24. The maximum absolute atomic E-state index is 13.2. The second kappa shape index (κ2) is 10.0. The number of hydrogen-bond acceptors (Lipinski definition) is 8. The second-order valence-electron chi connectivity index (χ2n) is 8.80. The number of thiophene rings is 1. The molecule has 188 valence electrons. The molecule has 2 aromatic heterocycles. The van der Waals surface area contributed by atoms with Crippen LogP contribution in [0.4, 0.5) is 10.7 Å². The van der Waals surface area contributed by atoms with Gasteiger partial charge in [0.25, 0.3) is 5.91 Å². The normalized spacial score (nSPS) is 16.7. The number of carbonyl (C=O) groups excluding carboxylic acids is 3. The highest BCUT2D eigenvalue weighted by Crippen LogP contribution is 2.40. The summed E-state index contributed by atoms with van der Waals surface area (Å²) in [6.07, 6.45) is 3.01. The molecule has 0 fully saturated rings. The van der Waals surface area contributed by atoms with E-state index in [1.807, 2.05) is 24.4 Å². The fourth-order valence-corrected chi connectivity index (χ4v) is 6.52. The van der Waals surface area contributed by atoms with Crippen molar-refractivity contribution in [1.82, 2.24) is 4.98 Å². The Morgan fingerprint density at radius 2 is 2.08 bits per heavy atom. The van der Waals surface area contributed by atoms with E-state index in [1.54, 1.807) is 31.3 Å². The van der Waals surface area contributed by atoms with E-state index >= 15 is 0 Å². The number of benzene rings is 1. The molecular formula is C26H27N3O5S2. The molecule has 1 unspecified atom stereocenters. The molecule has 3 heterocycles. The maximum atomic E-state index is 13.2. The molecule has 0 bridgehead atoms. The zero-order chi connectivity index (χ0) is 25.4. The number of ether oxygens (including phenoxy) is 2. The molecule has 1 atom stereocenters. The number of aryl methyl sites for hydroxylation is 2. The van der Waals surface area contributed by atoms with Crippen LogP contribution < -0.4 is 15.0 Å². The van der Waals surface area contributed by atoms with Gasteiger partial charge in [0.1, 0.15) is 17.3 Å². The Bertz CT molecular complexity index is 1350. The summed E-state index contributed by atoms with van der Waals surface area (Å²) in [5, 5.41) is 6.29. The van der Waals surface area contributed by atoms with Crippen LogP contribution in [0.2, 0.25) is 0 Å². The van der Waals surface area contributed by atoms with E-state index in [0.717, 1.165) is 52.4 Å². The third-order valence-electron chi connectivity index (χ3n) is 6.29. The van der Waals surface area contributed by atoms with Gasteiger partial charge in [-0.1, -0.05) is 0 Å². The topological polar surface area (TPSA) is 97.8 Å². The van der Waals surface area contributed by atoms with Crippen molar-refractivity contribution in [3.05, 3.63) is 44.6 Å². The largest absolute Gasteiger partial charge is 0.479 e. The van der Waals surface area contributed by atoms with E-state index in [1.165, 1.54) is 16.2 Å². The monoisotopic (exact) mass is 525 g/mol. The summed E-state index contributed by atoms with van der Waals surface area (Å²) in [6.45, 7) is 5.42. The summed E-state index contributed by atoms with van der Waals surface area (Å²) in [7, 11) is 0. The predicted octanol–water partition coefficient (Wildman–Crippen LogP) is 4.99. The van der Waals surface area contributed by atoms with Crippen LogP contribution in [0.3, 0.4) is 0 Å². The van der Waals surface area contributed by atoms with E-state index in [2.05, 4.69) is 10.3 Å².